The molecule has 0 amide bonds. The van der Waals surface area contributed by atoms with Gasteiger partial charge in [0.1, 0.15) is 5.69 Å². The molecule has 4 heteroatoms. The van der Waals surface area contributed by atoms with Crippen molar-refractivity contribution in [3.63, 3.8) is 0 Å². The van der Waals surface area contributed by atoms with Crippen molar-refractivity contribution in [2.75, 3.05) is 13.2 Å². The summed E-state index contributed by atoms with van der Waals surface area (Å²) in [5.74, 6) is 0.864. The maximum Gasteiger partial charge on any atom is 0.162 e. The lowest BCUT2D eigenvalue weighted by molar-refractivity contribution is 0.309. The number of aromatic nitrogens is 2. The van der Waals surface area contributed by atoms with E-state index in [1.807, 2.05) is 13.8 Å². The van der Waals surface area contributed by atoms with Gasteiger partial charge in [0, 0.05) is 0 Å². The second-order valence-corrected chi connectivity index (χ2v) is 2.75. The molecule has 0 spiro atoms. The lowest BCUT2D eigenvalue weighted by Gasteiger charge is -2.03. The lowest BCUT2D eigenvalue weighted by atomic mass is 10.3. The molecule has 0 aliphatic heterocycles. The summed E-state index contributed by atoms with van der Waals surface area (Å²) in [6.45, 7) is 5.19. The maximum absolute atomic E-state index is 5.47. The van der Waals surface area contributed by atoms with Gasteiger partial charge in [0.25, 0.3) is 0 Å². The quantitative estimate of drug-likeness (QED) is 0.654. The van der Waals surface area contributed by atoms with Crippen molar-refractivity contribution in [2.45, 2.75) is 20.3 Å². The minimum absolute atomic E-state index is 0.663. The van der Waals surface area contributed by atoms with Gasteiger partial charge in [-0.15, -0.1) is 0 Å². The van der Waals surface area contributed by atoms with Crippen LogP contribution in [0.15, 0.2) is 0 Å². The molecule has 1 aromatic heterocycles. The molecule has 0 unspecified atom stereocenters. The van der Waals surface area contributed by atoms with Crippen LogP contribution in [-0.2, 0) is 0 Å². The monoisotopic (exact) mass is 169 g/mol. The number of nitrogens with two attached hydrogens (primary N) is 1. The topological polar surface area (TPSA) is 63.9 Å². The van der Waals surface area contributed by atoms with Crippen LogP contribution in [0.1, 0.15) is 17.8 Å². The molecule has 1 heterocycles. The molecule has 3 N–H and O–H groups in total. The number of H-pyrrole nitrogens is 1. The standard InChI is InChI=1S/C8H15N3O/c1-6-8(7(2)11-10-6)12-5-3-4-9/h3-5,9H2,1-2H3,(H,10,11). The largest absolute Gasteiger partial charge is 0.490 e. The molecule has 0 saturated carbocycles. The van der Waals surface area contributed by atoms with Crippen LogP contribution in [0.25, 0.3) is 0 Å². The van der Waals surface area contributed by atoms with Crippen molar-refractivity contribution >= 4 is 0 Å². The van der Waals surface area contributed by atoms with E-state index in [4.69, 9.17) is 10.5 Å². The average Bonchev–Trinajstić information content (AvgIpc) is 2.35. The smallest absolute Gasteiger partial charge is 0.162 e. The number of aryl methyl sites for hydroxylation is 2. The van der Waals surface area contributed by atoms with Gasteiger partial charge in [0.2, 0.25) is 0 Å². The molecule has 1 rings (SSSR count). The zero-order chi connectivity index (χ0) is 8.97. The fourth-order valence-electron chi connectivity index (χ4n) is 1.01. The van der Waals surface area contributed by atoms with Crippen LogP contribution in [0, 0.1) is 13.8 Å². The van der Waals surface area contributed by atoms with E-state index in [2.05, 4.69) is 10.2 Å². The highest BCUT2D eigenvalue weighted by molar-refractivity contribution is 5.30. The van der Waals surface area contributed by atoms with Gasteiger partial charge in [-0.1, -0.05) is 0 Å². The summed E-state index contributed by atoms with van der Waals surface area (Å²) >= 11 is 0. The summed E-state index contributed by atoms with van der Waals surface area (Å²) in [6, 6.07) is 0. The molecule has 1 aromatic rings. The van der Waals surface area contributed by atoms with E-state index in [1.165, 1.54) is 0 Å². The molecule has 0 saturated heterocycles. The molecule has 0 aliphatic carbocycles. The van der Waals surface area contributed by atoms with E-state index in [0.717, 1.165) is 23.6 Å². The summed E-state index contributed by atoms with van der Waals surface area (Å²) in [4.78, 5) is 0. The lowest BCUT2D eigenvalue weighted by Crippen LogP contribution is -2.06. The predicted molar refractivity (Wildman–Crippen MR) is 47.2 cm³/mol. The van der Waals surface area contributed by atoms with Crippen molar-refractivity contribution in [1.29, 1.82) is 0 Å². The van der Waals surface area contributed by atoms with E-state index in [-0.39, 0.29) is 0 Å². The minimum Gasteiger partial charge on any atom is -0.490 e. The zero-order valence-electron chi connectivity index (χ0n) is 7.55. The van der Waals surface area contributed by atoms with Gasteiger partial charge in [-0.05, 0) is 26.8 Å². The van der Waals surface area contributed by atoms with Crippen molar-refractivity contribution in [3.8, 4) is 5.75 Å². The Morgan fingerprint density at radius 1 is 1.50 bits per heavy atom. The SMILES string of the molecule is Cc1n[nH]c(C)c1OCCCN. The van der Waals surface area contributed by atoms with E-state index in [9.17, 15) is 0 Å². The molecule has 0 atom stereocenters. The Kier molecular flexibility index (Phi) is 3.10. The molecule has 12 heavy (non-hydrogen) atoms. The summed E-state index contributed by atoms with van der Waals surface area (Å²) < 4.78 is 5.47. The zero-order valence-corrected chi connectivity index (χ0v) is 7.55. The first kappa shape index (κ1) is 9.06. The number of nitrogens with zero attached hydrogens (tertiary/aromatic N) is 1. The summed E-state index contributed by atoms with van der Waals surface area (Å²) in [5.41, 5.74) is 7.22. The highest BCUT2D eigenvalue weighted by atomic mass is 16.5. The van der Waals surface area contributed by atoms with Crippen LogP contribution in [-0.4, -0.2) is 23.3 Å². The highest BCUT2D eigenvalue weighted by Gasteiger charge is 2.05. The van der Waals surface area contributed by atoms with Crippen molar-refractivity contribution in [2.24, 2.45) is 5.73 Å². The number of hydrogen-bond acceptors (Lipinski definition) is 3. The number of aromatic amines is 1. The Hall–Kier alpha value is -1.03. The van der Waals surface area contributed by atoms with Crippen molar-refractivity contribution in [1.82, 2.24) is 10.2 Å². The number of ether oxygens (including phenoxy) is 1. The average molecular weight is 169 g/mol. The Morgan fingerprint density at radius 3 is 2.75 bits per heavy atom. The Balaban J connectivity index is 2.50. The number of nitrogens with one attached hydrogen (secondary N) is 1. The van der Waals surface area contributed by atoms with Crippen LogP contribution < -0.4 is 10.5 Å². The van der Waals surface area contributed by atoms with Crippen molar-refractivity contribution in [3.05, 3.63) is 11.4 Å². The summed E-state index contributed by atoms with van der Waals surface area (Å²) in [5, 5.41) is 6.87. The third-order valence-corrected chi connectivity index (χ3v) is 1.66. The van der Waals surface area contributed by atoms with E-state index in [1.54, 1.807) is 0 Å². The first-order valence-electron chi connectivity index (χ1n) is 4.10. The third kappa shape index (κ3) is 1.98. The molecule has 0 aliphatic rings. The third-order valence-electron chi connectivity index (χ3n) is 1.66. The fourth-order valence-corrected chi connectivity index (χ4v) is 1.01. The number of rotatable bonds is 4. The van der Waals surface area contributed by atoms with Gasteiger partial charge in [0.15, 0.2) is 5.75 Å². The fraction of sp³-hybridized carbons (Fsp3) is 0.625. The van der Waals surface area contributed by atoms with Gasteiger partial charge in [0.05, 0.1) is 12.3 Å². The van der Waals surface area contributed by atoms with Crippen LogP contribution in [0.5, 0.6) is 5.75 Å². The van der Waals surface area contributed by atoms with E-state index < -0.39 is 0 Å². The van der Waals surface area contributed by atoms with Crippen LogP contribution in [0.4, 0.5) is 0 Å². The molecule has 68 valence electrons. The first-order chi connectivity index (χ1) is 5.75. The second kappa shape index (κ2) is 4.11. The van der Waals surface area contributed by atoms with Crippen LogP contribution >= 0.6 is 0 Å². The Labute approximate surface area is 72.1 Å². The summed E-state index contributed by atoms with van der Waals surface area (Å²) in [6.07, 6.45) is 0.879. The van der Waals surface area contributed by atoms with Crippen molar-refractivity contribution < 1.29 is 4.74 Å². The van der Waals surface area contributed by atoms with Gasteiger partial charge >= 0.3 is 0 Å². The van der Waals surface area contributed by atoms with Gasteiger partial charge in [-0.3, -0.25) is 5.10 Å². The minimum atomic E-state index is 0.663. The van der Waals surface area contributed by atoms with Gasteiger partial charge in [-0.2, -0.15) is 5.10 Å². The normalized spacial score (nSPS) is 10.2. The van der Waals surface area contributed by atoms with E-state index >= 15 is 0 Å². The maximum atomic E-state index is 5.47. The van der Waals surface area contributed by atoms with Crippen LogP contribution in [0.3, 0.4) is 0 Å². The molecular weight excluding hydrogens is 154 g/mol. The molecular formula is C8H15N3O. The molecule has 0 radical (unpaired) electrons. The highest BCUT2D eigenvalue weighted by Crippen LogP contribution is 2.18. The van der Waals surface area contributed by atoms with E-state index in [0.29, 0.717) is 13.2 Å². The van der Waals surface area contributed by atoms with Crippen LogP contribution in [0.2, 0.25) is 0 Å². The molecule has 4 nitrogen and oxygen atoms in total. The van der Waals surface area contributed by atoms with Gasteiger partial charge < -0.3 is 10.5 Å². The second-order valence-electron chi connectivity index (χ2n) is 2.75. The summed E-state index contributed by atoms with van der Waals surface area (Å²) in [7, 11) is 0. The molecule has 0 fully saturated rings. The number of hydrogen-bond donors (Lipinski definition) is 2. The molecule has 0 bridgehead atoms. The predicted octanol–water partition coefficient (Wildman–Crippen LogP) is 0.754. The molecule has 0 aromatic carbocycles. The first-order valence-corrected chi connectivity index (χ1v) is 4.10. The van der Waals surface area contributed by atoms with Gasteiger partial charge in [-0.25, -0.2) is 0 Å². The Morgan fingerprint density at radius 2 is 2.25 bits per heavy atom. The Bertz CT molecular complexity index is 225.